The molecule has 1 fully saturated rings. The first kappa shape index (κ1) is 17.8. The van der Waals surface area contributed by atoms with Gasteiger partial charge in [-0.1, -0.05) is 12.1 Å². The molecule has 0 saturated carbocycles. The van der Waals surface area contributed by atoms with Crippen LogP contribution in [0, 0.1) is 10.1 Å². The topological polar surface area (TPSA) is 83.8 Å². The Hall–Kier alpha value is -1.51. The second-order valence-electron chi connectivity index (χ2n) is 6.25. The Bertz CT molecular complexity index is 643. The molecule has 0 unspecified atom stereocenters. The fraction of sp³-hybridized carbons (Fsp3) is 0.600. The van der Waals surface area contributed by atoms with Crippen molar-refractivity contribution in [1.82, 2.24) is 9.80 Å². The summed E-state index contributed by atoms with van der Waals surface area (Å²) in [5.74, 6) is 0.448. The van der Waals surface area contributed by atoms with Crippen LogP contribution >= 0.6 is 0 Å². The zero-order valence-corrected chi connectivity index (χ0v) is 14.3. The minimum atomic E-state index is -2.93. The second kappa shape index (κ2) is 7.37. The highest BCUT2D eigenvalue weighted by Crippen LogP contribution is 2.21. The maximum atomic E-state index is 11.7. The molecule has 23 heavy (non-hydrogen) atoms. The molecular weight excluding hydrogens is 318 g/mol. The zero-order valence-electron chi connectivity index (χ0n) is 13.5. The molecule has 0 bridgehead atoms. The number of rotatable bonds is 7. The fourth-order valence-corrected chi connectivity index (χ4v) is 4.50. The molecule has 1 aliphatic rings. The maximum absolute atomic E-state index is 11.7. The van der Waals surface area contributed by atoms with Gasteiger partial charge in [-0.15, -0.1) is 0 Å². The molecule has 7 nitrogen and oxygen atoms in total. The van der Waals surface area contributed by atoms with Crippen molar-refractivity contribution in [3.63, 3.8) is 0 Å². The van der Waals surface area contributed by atoms with Crippen LogP contribution in [-0.4, -0.2) is 67.9 Å². The number of likely N-dealkylation sites (N-methyl/N-ethyl adjacent to an activating group) is 1. The Kier molecular flexibility index (Phi) is 5.72. The molecule has 1 atom stereocenters. The third-order valence-electron chi connectivity index (χ3n) is 4.09. The summed E-state index contributed by atoms with van der Waals surface area (Å²) in [7, 11) is 1.03. The fourth-order valence-electron chi connectivity index (χ4n) is 2.74. The summed E-state index contributed by atoms with van der Waals surface area (Å²) >= 11 is 0. The molecule has 8 heteroatoms. The van der Waals surface area contributed by atoms with Crippen molar-refractivity contribution >= 4 is 15.5 Å². The van der Waals surface area contributed by atoms with Gasteiger partial charge < -0.3 is 4.90 Å². The molecule has 0 spiro atoms. The highest BCUT2D eigenvalue weighted by molar-refractivity contribution is 7.91. The lowest BCUT2D eigenvalue weighted by Crippen LogP contribution is -2.40. The first-order valence-corrected chi connectivity index (χ1v) is 9.41. The van der Waals surface area contributed by atoms with Crippen LogP contribution in [0.5, 0.6) is 0 Å². The highest BCUT2D eigenvalue weighted by Gasteiger charge is 2.32. The Morgan fingerprint density at radius 3 is 2.35 bits per heavy atom. The Labute approximate surface area is 137 Å². The predicted molar refractivity (Wildman–Crippen MR) is 89.1 cm³/mol. The summed E-state index contributed by atoms with van der Waals surface area (Å²) in [5.41, 5.74) is 1.02. The SMILES string of the molecule is CN(C)CCN(Cc1ccc([N+](=O)[O-])cc1)[C@H]1CCS(=O)(=O)C1. The summed E-state index contributed by atoms with van der Waals surface area (Å²) < 4.78 is 23.5. The van der Waals surface area contributed by atoms with E-state index in [0.717, 1.165) is 18.7 Å². The molecule has 1 aromatic rings. The van der Waals surface area contributed by atoms with E-state index in [0.29, 0.717) is 13.0 Å². The summed E-state index contributed by atoms with van der Waals surface area (Å²) in [4.78, 5) is 14.5. The molecular formula is C15H23N3O4S. The Morgan fingerprint density at radius 2 is 1.87 bits per heavy atom. The van der Waals surface area contributed by atoms with Gasteiger partial charge in [0.1, 0.15) is 0 Å². The Morgan fingerprint density at radius 1 is 1.22 bits per heavy atom. The third-order valence-corrected chi connectivity index (χ3v) is 5.84. The number of nitrogens with zero attached hydrogens (tertiary/aromatic N) is 3. The van der Waals surface area contributed by atoms with Gasteiger partial charge in [0.2, 0.25) is 0 Å². The van der Waals surface area contributed by atoms with Crippen LogP contribution in [0.4, 0.5) is 5.69 Å². The first-order chi connectivity index (χ1) is 10.8. The summed E-state index contributed by atoms with van der Waals surface area (Å²) in [6.07, 6.45) is 0.655. The van der Waals surface area contributed by atoms with Crippen molar-refractivity contribution in [2.75, 3.05) is 38.7 Å². The van der Waals surface area contributed by atoms with Crippen LogP contribution in [0.3, 0.4) is 0 Å². The van der Waals surface area contributed by atoms with Gasteiger partial charge in [-0.25, -0.2) is 8.42 Å². The van der Waals surface area contributed by atoms with Crippen LogP contribution in [0.2, 0.25) is 0 Å². The number of hydrogen-bond acceptors (Lipinski definition) is 6. The summed E-state index contributed by atoms with van der Waals surface area (Å²) in [6.45, 7) is 2.21. The van der Waals surface area contributed by atoms with E-state index in [2.05, 4.69) is 9.80 Å². The van der Waals surface area contributed by atoms with Crippen molar-refractivity contribution in [3.8, 4) is 0 Å². The van der Waals surface area contributed by atoms with E-state index in [1.54, 1.807) is 12.1 Å². The van der Waals surface area contributed by atoms with Gasteiger partial charge in [0, 0.05) is 37.8 Å². The lowest BCUT2D eigenvalue weighted by molar-refractivity contribution is -0.384. The van der Waals surface area contributed by atoms with E-state index in [4.69, 9.17) is 0 Å². The van der Waals surface area contributed by atoms with Crippen molar-refractivity contribution in [1.29, 1.82) is 0 Å². The molecule has 2 rings (SSSR count). The number of hydrogen-bond donors (Lipinski definition) is 0. The van der Waals surface area contributed by atoms with Crippen molar-refractivity contribution in [2.24, 2.45) is 0 Å². The molecule has 1 aliphatic heterocycles. The van der Waals surface area contributed by atoms with E-state index < -0.39 is 14.8 Å². The van der Waals surface area contributed by atoms with Crippen LogP contribution in [0.25, 0.3) is 0 Å². The van der Waals surface area contributed by atoms with Gasteiger partial charge in [0.05, 0.1) is 16.4 Å². The molecule has 0 radical (unpaired) electrons. The normalized spacial score (nSPS) is 20.3. The van der Waals surface area contributed by atoms with Gasteiger partial charge in [-0.2, -0.15) is 0 Å². The van der Waals surface area contributed by atoms with Gasteiger partial charge in [-0.05, 0) is 26.1 Å². The molecule has 0 aromatic heterocycles. The number of benzene rings is 1. The standard InChI is InChI=1S/C15H23N3O4S/c1-16(2)8-9-17(15-7-10-23(21,22)12-15)11-13-3-5-14(6-4-13)18(19)20/h3-6,15H,7-12H2,1-2H3/t15-/m0/s1. The van der Waals surface area contributed by atoms with E-state index >= 15 is 0 Å². The largest absolute Gasteiger partial charge is 0.308 e. The zero-order chi connectivity index (χ0) is 17.0. The minimum Gasteiger partial charge on any atom is -0.308 e. The van der Waals surface area contributed by atoms with Gasteiger partial charge >= 0.3 is 0 Å². The predicted octanol–water partition coefficient (Wildman–Crippen LogP) is 1.15. The van der Waals surface area contributed by atoms with Gasteiger partial charge in [-0.3, -0.25) is 15.0 Å². The van der Waals surface area contributed by atoms with Gasteiger partial charge in [0.25, 0.3) is 5.69 Å². The quantitative estimate of drug-likeness (QED) is 0.546. The Balaban J connectivity index is 2.09. The van der Waals surface area contributed by atoms with Crippen molar-refractivity contribution in [3.05, 3.63) is 39.9 Å². The lowest BCUT2D eigenvalue weighted by Gasteiger charge is -2.29. The van der Waals surface area contributed by atoms with Crippen LogP contribution in [-0.2, 0) is 16.4 Å². The lowest BCUT2D eigenvalue weighted by atomic mass is 10.1. The van der Waals surface area contributed by atoms with Crippen molar-refractivity contribution in [2.45, 2.75) is 19.0 Å². The smallest absolute Gasteiger partial charge is 0.269 e. The second-order valence-corrected chi connectivity index (χ2v) is 8.48. The van der Waals surface area contributed by atoms with Crippen LogP contribution in [0.1, 0.15) is 12.0 Å². The first-order valence-electron chi connectivity index (χ1n) is 7.59. The highest BCUT2D eigenvalue weighted by atomic mass is 32.2. The van der Waals surface area contributed by atoms with Gasteiger partial charge in [0.15, 0.2) is 9.84 Å². The van der Waals surface area contributed by atoms with E-state index in [-0.39, 0.29) is 23.2 Å². The molecule has 0 N–H and O–H groups in total. The third kappa shape index (κ3) is 5.26. The van der Waals surface area contributed by atoms with E-state index in [9.17, 15) is 18.5 Å². The van der Waals surface area contributed by atoms with E-state index in [1.807, 2.05) is 14.1 Å². The molecule has 1 saturated heterocycles. The molecule has 1 heterocycles. The number of nitro benzene ring substituents is 1. The molecule has 128 valence electrons. The number of nitro groups is 1. The number of sulfone groups is 1. The average molecular weight is 341 g/mol. The maximum Gasteiger partial charge on any atom is 0.269 e. The van der Waals surface area contributed by atoms with Crippen molar-refractivity contribution < 1.29 is 13.3 Å². The van der Waals surface area contributed by atoms with Crippen LogP contribution in [0.15, 0.2) is 24.3 Å². The molecule has 0 aliphatic carbocycles. The number of non-ortho nitro benzene ring substituents is 1. The summed E-state index contributed by atoms with van der Waals surface area (Å²) in [6, 6.07) is 6.49. The monoisotopic (exact) mass is 341 g/mol. The minimum absolute atomic E-state index is 0.0233. The average Bonchev–Trinajstić information content (AvgIpc) is 2.84. The van der Waals surface area contributed by atoms with Crippen LogP contribution < -0.4 is 0 Å². The molecule has 1 aromatic carbocycles. The molecule has 0 amide bonds. The van der Waals surface area contributed by atoms with E-state index in [1.165, 1.54) is 12.1 Å². The summed E-state index contributed by atoms with van der Waals surface area (Å²) in [5, 5.41) is 10.7.